The first-order chi connectivity index (χ1) is 7.54. The molecule has 0 unspecified atom stereocenters. The van der Waals surface area contributed by atoms with Gasteiger partial charge in [0.05, 0.1) is 6.54 Å². The number of nitrogens with zero attached hydrogens (tertiary/aromatic N) is 1. The molecule has 0 bridgehead atoms. The van der Waals surface area contributed by atoms with Crippen LogP contribution >= 0.6 is 0 Å². The van der Waals surface area contributed by atoms with Gasteiger partial charge in [-0.1, -0.05) is 0 Å². The molecule has 0 atom stereocenters. The normalized spacial score (nSPS) is 12.2. The Morgan fingerprint density at radius 3 is 2.00 bits per heavy atom. The number of amides is 2. The first-order valence-corrected chi connectivity index (χ1v) is 4.50. The van der Waals surface area contributed by atoms with Gasteiger partial charge < -0.3 is 10.2 Å². The zero-order valence-electron chi connectivity index (χ0n) is 9.07. The van der Waals surface area contributed by atoms with Gasteiger partial charge in [-0.15, -0.1) is 0 Å². The van der Waals surface area contributed by atoms with Gasteiger partial charge in [-0.05, 0) is 6.92 Å². The quantitative estimate of drug-likeness (QED) is 0.761. The lowest BCUT2D eigenvalue weighted by atomic mass is 10.3. The summed E-state index contributed by atoms with van der Waals surface area (Å²) in [5, 5.41) is 1.24. The van der Waals surface area contributed by atoms with Crippen molar-refractivity contribution in [3.8, 4) is 0 Å². The van der Waals surface area contributed by atoms with E-state index in [1.165, 1.54) is 12.4 Å². The second-order valence-corrected chi connectivity index (χ2v) is 3.16. The number of hydrogen-bond donors (Lipinski definition) is 1. The van der Waals surface area contributed by atoms with Crippen LogP contribution in [0.15, 0.2) is 0 Å². The van der Waals surface area contributed by atoms with Crippen LogP contribution in [0.2, 0.25) is 0 Å². The largest absolute Gasteiger partial charge is 0.463 e. The van der Waals surface area contributed by atoms with Crippen LogP contribution in [0.25, 0.3) is 0 Å². The highest BCUT2D eigenvalue weighted by molar-refractivity contribution is 5.88. The highest BCUT2D eigenvalue weighted by Crippen LogP contribution is 2.35. The molecule has 0 aromatic carbocycles. The van der Waals surface area contributed by atoms with E-state index in [9.17, 15) is 31.5 Å². The van der Waals surface area contributed by atoms with Crippen LogP contribution in [0, 0.1) is 0 Å². The third kappa shape index (κ3) is 3.82. The molecular weight excluding hydrogens is 251 g/mol. The van der Waals surface area contributed by atoms with E-state index in [1.54, 1.807) is 6.92 Å². The monoisotopic (exact) mass is 262 g/mol. The van der Waals surface area contributed by atoms with E-state index in [0.29, 0.717) is 0 Å². The fourth-order valence-corrected chi connectivity index (χ4v) is 0.707. The highest BCUT2D eigenvalue weighted by Gasteiger charge is 2.63. The van der Waals surface area contributed by atoms with Gasteiger partial charge in [-0.25, -0.2) is 0 Å². The number of nitrogens with one attached hydrogen (secondary N) is 1. The average Bonchev–Trinajstić information content (AvgIpc) is 2.22. The fourth-order valence-electron chi connectivity index (χ4n) is 0.707. The van der Waals surface area contributed by atoms with Gasteiger partial charge in [0.1, 0.15) is 0 Å². The molecule has 0 aliphatic heterocycles. The van der Waals surface area contributed by atoms with Crippen LogP contribution in [-0.4, -0.2) is 49.0 Å². The van der Waals surface area contributed by atoms with Crippen molar-refractivity contribution in [1.29, 1.82) is 0 Å². The average molecular weight is 262 g/mol. The number of rotatable bonds is 4. The molecule has 17 heavy (non-hydrogen) atoms. The molecule has 1 N–H and O–H groups in total. The standard InChI is InChI=1S/C8H11F5N2O2/c1-3-15(2)5(16)4-14-6(17)7(9,10)8(11,12)13/h3-4H2,1-2H3,(H,14,17). The van der Waals surface area contributed by atoms with Gasteiger partial charge in [0.2, 0.25) is 5.91 Å². The molecule has 0 spiro atoms. The molecule has 0 heterocycles. The van der Waals surface area contributed by atoms with Gasteiger partial charge in [0, 0.05) is 13.6 Å². The first kappa shape index (κ1) is 15.6. The Labute approximate surface area is 93.8 Å². The zero-order valence-corrected chi connectivity index (χ0v) is 9.07. The summed E-state index contributed by atoms with van der Waals surface area (Å²) in [5.41, 5.74) is 0. The smallest absolute Gasteiger partial charge is 0.345 e. The van der Waals surface area contributed by atoms with E-state index in [4.69, 9.17) is 0 Å². The Kier molecular flexibility index (Phi) is 4.84. The predicted octanol–water partition coefficient (Wildman–Crippen LogP) is 0.778. The van der Waals surface area contributed by atoms with E-state index >= 15 is 0 Å². The number of alkyl halides is 5. The summed E-state index contributed by atoms with van der Waals surface area (Å²) in [6.45, 7) is 0.906. The lowest BCUT2D eigenvalue weighted by Gasteiger charge is -2.19. The number of hydrogen-bond acceptors (Lipinski definition) is 2. The van der Waals surface area contributed by atoms with Crippen molar-refractivity contribution >= 4 is 11.8 Å². The number of carbonyl (C=O) groups excluding carboxylic acids is 2. The molecule has 100 valence electrons. The van der Waals surface area contributed by atoms with Crippen LogP contribution in [-0.2, 0) is 9.59 Å². The molecule has 0 saturated carbocycles. The van der Waals surface area contributed by atoms with Gasteiger partial charge in [0.25, 0.3) is 0 Å². The number of carbonyl (C=O) groups is 2. The van der Waals surface area contributed by atoms with Crippen LogP contribution < -0.4 is 5.32 Å². The van der Waals surface area contributed by atoms with Gasteiger partial charge >= 0.3 is 18.0 Å². The Hall–Kier alpha value is -1.41. The molecule has 0 fully saturated rings. The lowest BCUT2D eigenvalue weighted by molar-refractivity contribution is -0.269. The van der Waals surface area contributed by atoms with Gasteiger partial charge in [-0.3, -0.25) is 9.59 Å². The van der Waals surface area contributed by atoms with Crippen molar-refractivity contribution < 1.29 is 31.5 Å². The number of likely N-dealkylation sites (N-methyl/N-ethyl adjacent to an activating group) is 1. The van der Waals surface area contributed by atoms with Gasteiger partial charge in [-0.2, -0.15) is 22.0 Å². The minimum Gasteiger partial charge on any atom is -0.345 e. The third-order valence-corrected chi connectivity index (χ3v) is 1.94. The summed E-state index contributed by atoms with van der Waals surface area (Å²) in [6.07, 6.45) is -5.98. The van der Waals surface area contributed by atoms with E-state index in [1.807, 2.05) is 0 Å². The number of halogens is 5. The van der Waals surface area contributed by atoms with E-state index in [-0.39, 0.29) is 6.54 Å². The summed E-state index contributed by atoms with van der Waals surface area (Å²) < 4.78 is 60.0. The summed E-state index contributed by atoms with van der Waals surface area (Å²) in [5.74, 6) is -8.81. The Morgan fingerprint density at radius 1 is 1.18 bits per heavy atom. The summed E-state index contributed by atoms with van der Waals surface area (Å²) >= 11 is 0. The Balaban J connectivity index is 4.43. The van der Waals surface area contributed by atoms with Crippen LogP contribution in [0.3, 0.4) is 0 Å². The molecule has 0 saturated heterocycles. The molecule has 0 aromatic heterocycles. The van der Waals surface area contributed by atoms with Crippen molar-refractivity contribution in [3.63, 3.8) is 0 Å². The summed E-state index contributed by atoms with van der Waals surface area (Å²) in [7, 11) is 1.32. The molecule has 0 radical (unpaired) electrons. The second-order valence-electron chi connectivity index (χ2n) is 3.16. The molecule has 2 amide bonds. The van der Waals surface area contributed by atoms with E-state index in [0.717, 1.165) is 4.90 Å². The molecule has 0 rings (SSSR count). The van der Waals surface area contributed by atoms with Crippen LogP contribution in [0.1, 0.15) is 6.92 Å². The van der Waals surface area contributed by atoms with Crippen molar-refractivity contribution in [3.05, 3.63) is 0 Å². The maximum Gasteiger partial charge on any atom is 0.463 e. The second kappa shape index (κ2) is 5.28. The molecule has 0 aliphatic carbocycles. The minimum absolute atomic E-state index is 0.240. The summed E-state index contributed by atoms with van der Waals surface area (Å²) in [4.78, 5) is 22.7. The van der Waals surface area contributed by atoms with Gasteiger partial charge in [0.15, 0.2) is 0 Å². The lowest BCUT2D eigenvalue weighted by Crippen LogP contribution is -2.52. The SMILES string of the molecule is CCN(C)C(=O)CNC(=O)C(F)(F)C(F)(F)F. The maximum absolute atomic E-state index is 12.4. The fraction of sp³-hybridized carbons (Fsp3) is 0.750. The van der Waals surface area contributed by atoms with Crippen molar-refractivity contribution in [1.82, 2.24) is 10.2 Å². The zero-order chi connectivity index (χ0) is 13.9. The Bertz CT molecular complexity index is 303. The van der Waals surface area contributed by atoms with Crippen LogP contribution in [0.4, 0.5) is 22.0 Å². The highest BCUT2D eigenvalue weighted by atomic mass is 19.4. The molecule has 9 heteroatoms. The van der Waals surface area contributed by atoms with Crippen molar-refractivity contribution in [2.75, 3.05) is 20.1 Å². The molecule has 0 aromatic rings. The van der Waals surface area contributed by atoms with Crippen LogP contribution in [0.5, 0.6) is 0 Å². The minimum atomic E-state index is -5.98. The topological polar surface area (TPSA) is 49.4 Å². The van der Waals surface area contributed by atoms with Crippen molar-refractivity contribution in [2.24, 2.45) is 0 Å². The predicted molar refractivity (Wildman–Crippen MR) is 47.3 cm³/mol. The first-order valence-electron chi connectivity index (χ1n) is 4.50. The molecular formula is C8H11F5N2O2. The van der Waals surface area contributed by atoms with E-state index < -0.39 is 30.5 Å². The molecule has 0 aliphatic rings. The summed E-state index contributed by atoms with van der Waals surface area (Å²) in [6, 6.07) is 0. The third-order valence-electron chi connectivity index (χ3n) is 1.94. The van der Waals surface area contributed by atoms with E-state index in [2.05, 4.69) is 0 Å². The van der Waals surface area contributed by atoms with Crippen molar-refractivity contribution in [2.45, 2.75) is 19.0 Å². The maximum atomic E-state index is 12.4. The Morgan fingerprint density at radius 2 is 1.65 bits per heavy atom. The molecule has 4 nitrogen and oxygen atoms in total.